The van der Waals surface area contributed by atoms with Gasteiger partial charge in [-0.1, -0.05) is 0 Å². The first-order valence-electron chi connectivity index (χ1n) is 4.03. The summed E-state index contributed by atoms with van der Waals surface area (Å²) in [6.07, 6.45) is 1.80. The topological polar surface area (TPSA) is 118 Å². The summed E-state index contributed by atoms with van der Waals surface area (Å²) >= 11 is 0. The molecule has 0 saturated heterocycles. The highest BCUT2D eigenvalue weighted by molar-refractivity contribution is 6.27. The molecule has 0 unspecified atom stereocenters. The van der Waals surface area contributed by atoms with Crippen LogP contribution in [0.5, 0.6) is 0 Å². The first kappa shape index (κ1) is 13.1. The van der Waals surface area contributed by atoms with Crippen molar-refractivity contribution in [1.82, 2.24) is 9.78 Å². The lowest BCUT2D eigenvalue weighted by molar-refractivity contribution is -0.159. The fraction of sp³-hybridized carbons (Fsp3) is 0.375. The van der Waals surface area contributed by atoms with Gasteiger partial charge in [0.2, 0.25) is 0 Å². The van der Waals surface area contributed by atoms with Crippen LogP contribution in [0.3, 0.4) is 0 Å². The third-order valence-electron chi connectivity index (χ3n) is 1.74. The Kier molecular flexibility index (Phi) is 5.03. The largest absolute Gasteiger partial charge is 0.473 e. The Morgan fingerprint density at radius 1 is 1.47 bits per heavy atom. The highest BCUT2D eigenvalue weighted by atomic mass is 16.4. The predicted molar refractivity (Wildman–Crippen MR) is 51.1 cm³/mol. The van der Waals surface area contributed by atoms with Gasteiger partial charge in [0.15, 0.2) is 0 Å². The number of hydrogen-bond acceptors (Lipinski definition) is 4. The molecule has 7 heteroatoms. The monoisotopic (exact) mass is 215 g/mol. The number of aryl methyl sites for hydroxylation is 1. The summed E-state index contributed by atoms with van der Waals surface area (Å²) in [6.45, 7) is 2.59. The third-order valence-corrected chi connectivity index (χ3v) is 1.74. The van der Waals surface area contributed by atoms with Crippen LogP contribution in [0.4, 0.5) is 0 Å². The number of aromatic nitrogens is 2. The van der Waals surface area contributed by atoms with E-state index in [-0.39, 0.29) is 0 Å². The van der Waals surface area contributed by atoms with Crippen LogP contribution in [0.1, 0.15) is 11.3 Å². The zero-order valence-electron chi connectivity index (χ0n) is 8.47. The summed E-state index contributed by atoms with van der Waals surface area (Å²) in [5.74, 6) is -3.65. The number of carbonyl (C=O) groups is 2. The minimum absolute atomic E-state index is 0.583. The molecule has 0 radical (unpaired) electrons. The molecule has 0 atom stereocenters. The molecule has 4 N–H and O–H groups in total. The van der Waals surface area contributed by atoms with Crippen LogP contribution >= 0.6 is 0 Å². The van der Waals surface area contributed by atoms with Gasteiger partial charge < -0.3 is 15.9 Å². The Bertz CT molecular complexity index is 347. The van der Waals surface area contributed by atoms with Gasteiger partial charge in [0.1, 0.15) is 0 Å². The fourth-order valence-electron chi connectivity index (χ4n) is 0.745. The Morgan fingerprint density at radius 3 is 2.07 bits per heavy atom. The van der Waals surface area contributed by atoms with Crippen LogP contribution in [-0.4, -0.2) is 31.9 Å². The molecule has 0 aliphatic heterocycles. The van der Waals surface area contributed by atoms with Crippen LogP contribution < -0.4 is 5.73 Å². The van der Waals surface area contributed by atoms with Gasteiger partial charge in [0.25, 0.3) is 0 Å². The molecular weight excluding hydrogens is 202 g/mol. The molecule has 1 aromatic heterocycles. The summed E-state index contributed by atoms with van der Waals surface area (Å²) < 4.78 is 1.82. The average molecular weight is 215 g/mol. The maximum Gasteiger partial charge on any atom is 0.414 e. The van der Waals surface area contributed by atoms with Gasteiger partial charge in [-0.25, -0.2) is 9.59 Å². The normalized spacial score (nSPS) is 9.00. The minimum atomic E-state index is -1.82. The highest BCUT2D eigenvalue weighted by Gasteiger charge is 2.04. The molecule has 1 rings (SSSR count). The summed E-state index contributed by atoms with van der Waals surface area (Å²) in [4.78, 5) is 18.2. The average Bonchev–Trinajstić information content (AvgIpc) is 2.48. The van der Waals surface area contributed by atoms with Crippen LogP contribution in [0.2, 0.25) is 0 Å². The second kappa shape index (κ2) is 5.76. The number of nitrogens with two attached hydrogens (primary N) is 1. The molecule has 0 amide bonds. The molecule has 1 heterocycles. The molecule has 0 aromatic carbocycles. The molecular formula is C8H13N3O4. The van der Waals surface area contributed by atoms with E-state index < -0.39 is 11.9 Å². The standard InChI is InChI=1S/C6H11N3.C2H2O4/c1-5-6(3-7)4-8-9(5)2;3-1(4)2(5)6/h4H,3,7H2,1-2H3;(H,3,4)(H,5,6). The highest BCUT2D eigenvalue weighted by Crippen LogP contribution is 2.02. The zero-order valence-corrected chi connectivity index (χ0v) is 8.47. The van der Waals surface area contributed by atoms with Crippen molar-refractivity contribution in [3.05, 3.63) is 17.5 Å². The van der Waals surface area contributed by atoms with E-state index in [0.717, 1.165) is 11.3 Å². The number of hydrogen-bond donors (Lipinski definition) is 3. The van der Waals surface area contributed by atoms with E-state index in [4.69, 9.17) is 25.5 Å². The molecule has 0 fully saturated rings. The van der Waals surface area contributed by atoms with Crippen molar-refractivity contribution < 1.29 is 19.8 Å². The summed E-state index contributed by atoms with van der Waals surface area (Å²) in [5, 5.41) is 18.8. The van der Waals surface area contributed by atoms with E-state index in [9.17, 15) is 0 Å². The Morgan fingerprint density at radius 2 is 1.93 bits per heavy atom. The van der Waals surface area contributed by atoms with Gasteiger partial charge in [-0.15, -0.1) is 0 Å². The Labute approximate surface area is 86.1 Å². The van der Waals surface area contributed by atoms with Gasteiger partial charge in [-0.2, -0.15) is 5.10 Å². The van der Waals surface area contributed by atoms with Gasteiger partial charge in [-0.3, -0.25) is 4.68 Å². The Balaban J connectivity index is 0.000000288. The molecule has 0 aliphatic carbocycles. The molecule has 15 heavy (non-hydrogen) atoms. The van der Waals surface area contributed by atoms with E-state index in [1.807, 2.05) is 18.7 Å². The third kappa shape index (κ3) is 4.23. The summed E-state index contributed by atoms with van der Waals surface area (Å²) in [5.41, 5.74) is 7.68. The second-order valence-electron chi connectivity index (χ2n) is 2.69. The van der Waals surface area contributed by atoms with E-state index >= 15 is 0 Å². The predicted octanol–water partition coefficient (Wildman–Crippen LogP) is -0.657. The van der Waals surface area contributed by atoms with Gasteiger partial charge >= 0.3 is 11.9 Å². The molecule has 7 nitrogen and oxygen atoms in total. The number of carboxylic acid groups (broad SMARTS) is 2. The fourth-order valence-corrected chi connectivity index (χ4v) is 0.745. The number of nitrogens with zero attached hydrogens (tertiary/aromatic N) is 2. The van der Waals surface area contributed by atoms with Gasteiger partial charge in [-0.05, 0) is 6.92 Å². The van der Waals surface area contributed by atoms with Crippen molar-refractivity contribution in [2.24, 2.45) is 12.8 Å². The lowest BCUT2D eigenvalue weighted by Crippen LogP contribution is -2.09. The quantitative estimate of drug-likeness (QED) is 0.535. The maximum atomic E-state index is 9.10. The van der Waals surface area contributed by atoms with Crippen molar-refractivity contribution in [1.29, 1.82) is 0 Å². The maximum absolute atomic E-state index is 9.10. The second-order valence-corrected chi connectivity index (χ2v) is 2.69. The van der Waals surface area contributed by atoms with Crippen LogP contribution in [-0.2, 0) is 23.2 Å². The number of rotatable bonds is 1. The first-order valence-corrected chi connectivity index (χ1v) is 4.03. The SMILES string of the molecule is Cc1c(CN)cnn1C.O=C(O)C(=O)O. The summed E-state index contributed by atoms with van der Waals surface area (Å²) in [6, 6.07) is 0. The van der Waals surface area contributed by atoms with Crippen molar-refractivity contribution in [2.75, 3.05) is 0 Å². The van der Waals surface area contributed by atoms with E-state index in [2.05, 4.69) is 5.10 Å². The van der Waals surface area contributed by atoms with E-state index in [1.54, 1.807) is 6.20 Å². The van der Waals surface area contributed by atoms with Crippen molar-refractivity contribution in [3.63, 3.8) is 0 Å². The molecule has 0 spiro atoms. The number of aliphatic carboxylic acids is 2. The lowest BCUT2D eigenvalue weighted by atomic mass is 10.3. The van der Waals surface area contributed by atoms with E-state index in [0.29, 0.717) is 6.54 Å². The smallest absolute Gasteiger partial charge is 0.414 e. The van der Waals surface area contributed by atoms with Crippen LogP contribution in [0.25, 0.3) is 0 Å². The molecule has 0 bridgehead atoms. The van der Waals surface area contributed by atoms with Crippen molar-refractivity contribution in [3.8, 4) is 0 Å². The Hall–Kier alpha value is -1.89. The van der Waals surface area contributed by atoms with E-state index in [1.165, 1.54) is 0 Å². The lowest BCUT2D eigenvalue weighted by Gasteiger charge is -1.93. The van der Waals surface area contributed by atoms with Gasteiger partial charge in [0, 0.05) is 24.8 Å². The number of carboxylic acids is 2. The molecule has 0 aliphatic rings. The van der Waals surface area contributed by atoms with Crippen molar-refractivity contribution >= 4 is 11.9 Å². The molecule has 1 aromatic rings. The van der Waals surface area contributed by atoms with Crippen LogP contribution in [0, 0.1) is 6.92 Å². The van der Waals surface area contributed by atoms with Gasteiger partial charge in [0.05, 0.1) is 6.20 Å². The first-order chi connectivity index (χ1) is 6.90. The zero-order chi connectivity index (χ0) is 12.0. The molecule has 84 valence electrons. The molecule has 0 saturated carbocycles. The minimum Gasteiger partial charge on any atom is -0.473 e. The van der Waals surface area contributed by atoms with Crippen molar-refractivity contribution in [2.45, 2.75) is 13.5 Å². The van der Waals surface area contributed by atoms with Crippen LogP contribution in [0.15, 0.2) is 6.20 Å². The summed E-state index contributed by atoms with van der Waals surface area (Å²) in [7, 11) is 1.91.